The number of nitrogen functional groups attached to an aromatic ring is 1. The molecule has 0 aromatic carbocycles. The number of hydrazine groups is 1. The molecule has 0 aliphatic rings. The van der Waals surface area contributed by atoms with Crippen molar-refractivity contribution >= 4 is 17.8 Å². The summed E-state index contributed by atoms with van der Waals surface area (Å²) < 4.78 is 4.86. The maximum absolute atomic E-state index is 11.3. The predicted octanol–water partition coefficient (Wildman–Crippen LogP) is -1.33. The summed E-state index contributed by atoms with van der Waals surface area (Å²) in [6.07, 6.45) is 0. The zero-order valence-corrected chi connectivity index (χ0v) is 9.89. The SMILES string of the molecule is COc1nc(NN)nc(NCC(=O)N(C)C)n1. The molecule has 0 unspecified atom stereocenters. The van der Waals surface area contributed by atoms with Crippen LogP contribution in [0.3, 0.4) is 0 Å². The molecule has 0 fully saturated rings. The maximum atomic E-state index is 11.3. The van der Waals surface area contributed by atoms with Crippen molar-refractivity contribution < 1.29 is 9.53 Å². The molecule has 1 rings (SSSR count). The Morgan fingerprint density at radius 1 is 1.35 bits per heavy atom. The van der Waals surface area contributed by atoms with Gasteiger partial charge in [-0.3, -0.25) is 10.2 Å². The van der Waals surface area contributed by atoms with E-state index in [0.717, 1.165) is 0 Å². The van der Waals surface area contributed by atoms with E-state index in [2.05, 4.69) is 25.7 Å². The first-order valence-electron chi connectivity index (χ1n) is 4.77. The fraction of sp³-hybridized carbons (Fsp3) is 0.500. The Hall–Kier alpha value is -2.16. The third-order valence-corrected chi connectivity index (χ3v) is 1.82. The van der Waals surface area contributed by atoms with Crippen molar-refractivity contribution in [3.8, 4) is 6.01 Å². The van der Waals surface area contributed by atoms with Gasteiger partial charge in [-0.1, -0.05) is 0 Å². The molecular weight excluding hydrogens is 226 g/mol. The molecule has 94 valence electrons. The second kappa shape index (κ2) is 5.80. The minimum absolute atomic E-state index is 0.0736. The standard InChI is InChI=1S/C8H15N7O2/c1-15(2)5(16)4-10-6-11-7(14-9)13-8(12-6)17-3/h4,9H2,1-3H3,(H2,10,11,12,13,14). The molecule has 1 aromatic rings. The van der Waals surface area contributed by atoms with E-state index in [9.17, 15) is 4.79 Å². The van der Waals surface area contributed by atoms with Crippen LogP contribution in [0.5, 0.6) is 6.01 Å². The van der Waals surface area contributed by atoms with Gasteiger partial charge in [0.25, 0.3) is 0 Å². The Morgan fingerprint density at radius 2 is 2.00 bits per heavy atom. The van der Waals surface area contributed by atoms with Crippen LogP contribution in [-0.4, -0.2) is 53.5 Å². The highest BCUT2D eigenvalue weighted by Gasteiger charge is 2.08. The van der Waals surface area contributed by atoms with Gasteiger partial charge in [0, 0.05) is 14.1 Å². The number of likely N-dealkylation sites (N-methyl/N-ethyl adjacent to an activating group) is 1. The maximum Gasteiger partial charge on any atom is 0.322 e. The van der Waals surface area contributed by atoms with Crippen molar-refractivity contribution in [1.82, 2.24) is 19.9 Å². The summed E-state index contributed by atoms with van der Waals surface area (Å²) in [7, 11) is 4.74. The number of carbonyl (C=O) groups excluding carboxylic acids is 1. The van der Waals surface area contributed by atoms with Gasteiger partial charge in [-0.15, -0.1) is 0 Å². The zero-order chi connectivity index (χ0) is 12.8. The lowest BCUT2D eigenvalue weighted by Gasteiger charge is -2.11. The lowest BCUT2D eigenvalue weighted by molar-refractivity contribution is -0.126. The van der Waals surface area contributed by atoms with Gasteiger partial charge in [0.1, 0.15) is 0 Å². The van der Waals surface area contributed by atoms with Crippen molar-refractivity contribution in [3.05, 3.63) is 0 Å². The second-order valence-electron chi connectivity index (χ2n) is 3.26. The molecule has 0 atom stereocenters. The van der Waals surface area contributed by atoms with E-state index in [4.69, 9.17) is 10.6 Å². The first kappa shape index (κ1) is 12.9. The molecule has 4 N–H and O–H groups in total. The molecule has 0 aliphatic heterocycles. The normalized spacial score (nSPS) is 9.65. The molecule has 0 aliphatic carbocycles. The summed E-state index contributed by atoms with van der Waals surface area (Å²) in [5, 5.41) is 2.75. The van der Waals surface area contributed by atoms with Crippen LogP contribution in [0.1, 0.15) is 0 Å². The lowest BCUT2D eigenvalue weighted by Crippen LogP contribution is -2.29. The van der Waals surface area contributed by atoms with Crippen LogP contribution in [0, 0.1) is 0 Å². The van der Waals surface area contributed by atoms with Crippen LogP contribution >= 0.6 is 0 Å². The average molecular weight is 241 g/mol. The number of ether oxygens (including phenoxy) is 1. The Morgan fingerprint density at radius 3 is 2.53 bits per heavy atom. The zero-order valence-electron chi connectivity index (χ0n) is 9.89. The van der Waals surface area contributed by atoms with Crippen LogP contribution in [0.15, 0.2) is 0 Å². The predicted molar refractivity (Wildman–Crippen MR) is 61.4 cm³/mol. The number of carbonyl (C=O) groups is 1. The topological polar surface area (TPSA) is 118 Å². The summed E-state index contributed by atoms with van der Waals surface area (Å²) in [5.41, 5.74) is 2.27. The van der Waals surface area contributed by atoms with Crippen LogP contribution in [0.4, 0.5) is 11.9 Å². The van der Waals surface area contributed by atoms with E-state index in [-0.39, 0.29) is 30.4 Å². The summed E-state index contributed by atoms with van der Waals surface area (Å²) in [4.78, 5) is 24.4. The van der Waals surface area contributed by atoms with E-state index in [1.807, 2.05) is 0 Å². The number of hydrogen-bond donors (Lipinski definition) is 3. The molecule has 17 heavy (non-hydrogen) atoms. The molecule has 1 amide bonds. The molecule has 0 saturated heterocycles. The molecule has 0 spiro atoms. The quantitative estimate of drug-likeness (QED) is 0.428. The van der Waals surface area contributed by atoms with Crippen molar-refractivity contribution in [1.29, 1.82) is 0 Å². The van der Waals surface area contributed by atoms with E-state index in [1.165, 1.54) is 12.0 Å². The molecule has 0 saturated carbocycles. The minimum atomic E-state index is -0.105. The monoisotopic (exact) mass is 241 g/mol. The lowest BCUT2D eigenvalue weighted by atomic mass is 10.5. The van der Waals surface area contributed by atoms with E-state index < -0.39 is 0 Å². The van der Waals surface area contributed by atoms with E-state index in [0.29, 0.717) is 0 Å². The van der Waals surface area contributed by atoms with Gasteiger partial charge >= 0.3 is 6.01 Å². The van der Waals surface area contributed by atoms with Crippen LogP contribution in [-0.2, 0) is 4.79 Å². The number of rotatable bonds is 5. The fourth-order valence-corrected chi connectivity index (χ4v) is 0.904. The first-order valence-corrected chi connectivity index (χ1v) is 4.77. The molecule has 9 nitrogen and oxygen atoms in total. The van der Waals surface area contributed by atoms with Crippen LogP contribution < -0.4 is 21.3 Å². The van der Waals surface area contributed by atoms with Gasteiger partial charge < -0.3 is 15.0 Å². The van der Waals surface area contributed by atoms with Crippen LogP contribution in [0.2, 0.25) is 0 Å². The van der Waals surface area contributed by atoms with Gasteiger partial charge in [0.05, 0.1) is 13.7 Å². The van der Waals surface area contributed by atoms with Crippen LogP contribution in [0.25, 0.3) is 0 Å². The number of anilines is 2. The fourth-order valence-electron chi connectivity index (χ4n) is 0.904. The number of aromatic nitrogens is 3. The number of nitrogens with one attached hydrogen (secondary N) is 2. The third kappa shape index (κ3) is 3.72. The Labute approximate surface area is 98.4 Å². The highest BCUT2D eigenvalue weighted by Crippen LogP contribution is 2.09. The van der Waals surface area contributed by atoms with E-state index >= 15 is 0 Å². The Balaban J connectivity index is 2.73. The van der Waals surface area contributed by atoms with Crippen molar-refractivity contribution in [2.75, 3.05) is 38.5 Å². The third-order valence-electron chi connectivity index (χ3n) is 1.82. The molecule has 1 aromatic heterocycles. The summed E-state index contributed by atoms with van der Waals surface area (Å²) in [6, 6.07) is 0.104. The Bertz CT molecular complexity index is 373. The molecule has 0 radical (unpaired) electrons. The van der Waals surface area contributed by atoms with Gasteiger partial charge in [-0.25, -0.2) is 5.84 Å². The molecule has 0 bridgehead atoms. The van der Waals surface area contributed by atoms with Crippen molar-refractivity contribution in [2.24, 2.45) is 5.84 Å². The van der Waals surface area contributed by atoms with Gasteiger partial charge in [-0.2, -0.15) is 15.0 Å². The largest absolute Gasteiger partial charge is 0.467 e. The van der Waals surface area contributed by atoms with Gasteiger partial charge in [-0.05, 0) is 0 Å². The molecule has 1 heterocycles. The summed E-state index contributed by atoms with van der Waals surface area (Å²) in [5.74, 6) is 5.44. The number of amides is 1. The number of nitrogens with zero attached hydrogens (tertiary/aromatic N) is 4. The first-order chi connectivity index (χ1) is 8.06. The Kier molecular flexibility index (Phi) is 4.40. The number of methoxy groups -OCH3 is 1. The van der Waals surface area contributed by atoms with Crippen molar-refractivity contribution in [2.45, 2.75) is 0 Å². The summed E-state index contributed by atoms with van der Waals surface area (Å²) >= 11 is 0. The summed E-state index contributed by atoms with van der Waals surface area (Å²) in [6.45, 7) is 0.0736. The molecular formula is C8H15N7O2. The minimum Gasteiger partial charge on any atom is -0.467 e. The smallest absolute Gasteiger partial charge is 0.322 e. The molecule has 9 heteroatoms. The van der Waals surface area contributed by atoms with Gasteiger partial charge in [0.15, 0.2) is 0 Å². The van der Waals surface area contributed by atoms with Gasteiger partial charge in [0.2, 0.25) is 17.8 Å². The van der Waals surface area contributed by atoms with E-state index in [1.54, 1.807) is 14.1 Å². The van der Waals surface area contributed by atoms with Crippen molar-refractivity contribution in [3.63, 3.8) is 0 Å². The average Bonchev–Trinajstić information content (AvgIpc) is 2.35. The number of hydrogen-bond acceptors (Lipinski definition) is 8. The number of nitrogens with two attached hydrogens (primary N) is 1. The second-order valence-corrected chi connectivity index (χ2v) is 3.26. The highest BCUT2D eigenvalue weighted by atomic mass is 16.5. The highest BCUT2D eigenvalue weighted by molar-refractivity contribution is 5.79.